The van der Waals surface area contributed by atoms with Gasteiger partial charge in [0.15, 0.2) is 5.76 Å². The van der Waals surface area contributed by atoms with Gasteiger partial charge in [0.05, 0.1) is 17.6 Å². The first-order valence-corrected chi connectivity index (χ1v) is 11.2. The van der Waals surface area contributed by atoms with Crippen molar-refractivity contribution in [2.75, 3.05) is 23.3 Å². The van der Waals surface area contributed by atoms with Crippen LogP contribution in [0, 0.1) is 24.2 Å². The number of aryl methyl sites for hydroxylation is 1. The van der Waals surface area contributed by atoms with Gasteiger partial charge in [0, 0.05) is 30.1 Å². The highest BCUT2D eigenvalue weighted by Crippen LogP contribution is 2.31. The van der Waals surface area contributed by atoms with Gasteiger partial charge in [0.2, 0.25) is 17.5 Å². The van der Waals surface area contributed by atoms with Gasteiger partial charge in [-0.15, -0.1) is 0 Å². The number of hydrogen-bond donors (Lipinski definition) is 1. The van der Waals surface area contributed by atoms with Gasteiger partial charge in [-0.3, -0.25) is 4.79 Å². The van der Waals surface area contributed by atoms with Crippen molar-refractivity contribution in [2.24, 2.45) is 5.92 Å². The highest BCUT2D eigenvalue weighted by atomic mass is 35.5. The van der Waals surface area contributed by atoms with E-state index in [9.17, 15) is 10.1 Å². The number of nitrogens with zero attached hydrogens (tertiary/aromatic N) is 5. The molecule has 3 aromatic heterocycles. The molecule has 1 saturated heterocycles. The molecule has 1 N–H and O–H groups in total. The van der Waals surface area contributed by atoms with Crippen molar-refractivity contribution in [1.82, 2.24) is 14.8 Å². The Morgan fingerprint density at radius 1 is 1.24 bits per heavy atom. The first-order chi connectivity index (χ1) is 16.5. The van der Waals surface area contributed by atoms with E-state index in [1.54, 1.807) is 28.9 Å². The van der Waals surface area contributed by atoms with E-state index in [0.717, 1.165) is 11.4 Å². The molecule has 1 fully saturated rings. The van der Waals surface area contributed by atoms with Crippen molar-refractivity contribution in [1.29, 1.82) is 5.26 Å². The minimum Gasteiger partial charge on any atom is -0.459 e. The van der Waals surface area contributed by atoms with Gasteiger partial charge in [-0.2, -0.15) is 15.3 Å². The van der Waals surface area contributed by atoms with E-state index in [-0.39, 0.29) is 23.4 Å². The Morgan fingerprint density at radius 2 is 2.06 bits per heavy atom. The van der Waals surface area contributed by atoms with E-state index in [0.29, 0.717) is 48.4 Å². The van der Waals surface area contributed by atoms with Crippen molar-refractivity contribution in [2.45, 2.75) is 19.8 Å². The smallest absolute Gasteiger partial charge is 0.266 e. The molecule has 0 radical (unpaired) electrons. The van der Waals surface area contributed by atoms with Gasteiger partial charge in [0.25, 0.3) is 5.89 Å². The maximum absolute atomic E-state index is 13.1. The second-order valence-electron chi connectivity index (χ2n) is 8.08. The third-order valence-corrected chi connectivity index (χ3v) is 5.97. The van der Waals surface area contributed by atoms with Crippen LogP contribution in [-0.4, -0.2) is 33.8 Å². The summed E-state index contributed by atoms with van der Waals surface area (Å²) in [5, 5.41) is 17.6. The zero-order valence-electron chi connectivity index (χ0n) is 18.4. The van der Waals surface area contributed by atoms with Crippen LogP contribution < -0.4 is 10.2 Å². The van der Waals surface area contributed by atoms with Gasteiger partial charge in [-0.05, 0) is 50.1 Å². The number of hydrogen-bond acceptors (Lipinski definition) is 7. The highest BCUT2D eigenvalue weighted by Gasteiger charge is 2.30. The third kappa shape index (κ3) is 4.28. The largest absolute Gasteiger partial charge is 0.459 e. The summed E-state index contributed by atoms with van der Waals surface area (Å²) >= 11 is 6.13. The number of nitriles is 1. The zero-order valence-corrected chi connectivity index (χ0v) is 19.1. The Morgan fingerprint density at radius 3 is 2.76 bits per heavy atom. The molecule has 1 aliphatic rings. The number of amides is 1. The van der Waals surface area contributed by atoms with Crippen LogP contribution >= 0.6 is 11.6 Å². The fourth-order valence-corrected chi connectivity index (χ4v) is 4.26. The number of rotatable bonds is 5. The molecule has 0 bridgehead atoms. The van der Waals surface area contributed by atoms with Crippen molar-refractivity contribution in [3.05, 3.63) is 65.1 Å². The quantitative estimate of drug-likeness (QED) is 0.439. The minimum absolute atomic E-state index is 0.0721. The Hall–Kier alpha value is -4.03. The van der Waals surface area contributed by atoms with E-state index in [2.05, 4.69) is 21.5 Å². The molecule has 0 saturated carbocycles. The number of furan rings is 1. The average Bonchev–Trinajstić information content (AvgIpc) is 3.59. The first kappa shape index (κ1) is 21.8. The topological polar surface area (TPSA) is 113 Å². The molecule has 10 heteroatoms. The molecule has 1 aliphatic heterocycles. The van der Waals surface area contributed by atoms with Crippen LogP contribution in [0.3, 0.4) is 0 Å². The number of carbonyl (C=O) groups is 1. The van der Waals surface area contributed by atoms with E-state index in [1.807, 2.05) is 30.0 Å². The molecule has 4 aromatic rings. The monoisotopic (exact) mass is 476 g/mol. The average molecular weight is 477 g/mol. The molecular formula is C24H21ClN6O3. The Labute approximate surface area is 200 Å². The van der Waals surface area contributed by atoms with Crippen LogP contribution in [0.1, 0.15) is 24.2 Å². The fourth-order valence-electron chi connectivity index (χ4n) is 4.07. The number of benzene rings is 1. The molecule has 0 atom stereocenters. The number of piperidine rings is 1. The summed E-state index contributed by atoms with van der Waals surface area (Å²) in [6, 6.07) is 14.7. The lowest BCUT2D eigenvalue weighted by Crippen LogP contribution is -2.38. The van der Waals surface area contributed by atoms with E-state index in [4.69, 9.17) is 20.4 Å². The molecule has 5 rings (SSSR count). The molecule has 0 spiro atoms. The molecule has 4 heterocycles. The molecule has 172 valence electrons. The predicted molar refractivity (Wildman–Crippen MR) is 126 cm³/mol. The molecule has 1 aromatic carbocycles. The Bertz CT molecular complexity index is 1360. The van der Waals surface area contributed by atoms with Gasteiger partial charge in [-0.25, -0.2) is 4.68 Å². The second-order valence-corrected chi connectivity index (χ2v) is 8.51. The lowest BCUT2D eigenvalue weighted by Gasteiger charge is -2.30. The second kappa shape index (κ2) is 9.08. The maximum atomic E-state index is 13.1. The molecule has 34 heavy (non-hydrogen) atoms. The normalized spacial score (nSPS) is 14.2. The number of oxazole rings is 1. The molecule has 0 unspecified atom stereocenters. The minimum atomic E-state index is -0.183. The summed E-state index contributed by atoms with van der Waals surface area (Å²) in [5.74, 6) is 1.47. The Balaban J connectivity index is 1.27. The van der Waals surface area contributed by atoms with Gasteiger partial charge >= 0.3 is 0 Å². The fraction of sp³-hybridized carbons (Fsp3) is 0.250. The van der Waals surface area contributed by atoms with E-state index >= 15 is 0 Å². The van der Waals surface area contributed by atoms with Crippen LogP contribution in [0.25, 0.3) is 17.3 Å². The van der Waals surface area contributed by atoms with Crippen LogP contribution in [0.2, 0.25) is 5.02 Å². The van der Waals surface area contributed by atoms with Crippen molar-refractivity contribution >= 4 is 29.2 Å². The number of carbonyl (C=O) groups excluding carboxylic acids is 1. The van der Waals surface area contributed by atoms with Crippen LogP contribution in [-0.2, 0) is 4.79 Å². The number of anilines is 2. The van der Waals surface area contributed by atoms with Crippen molar-refractivity contribution < 1.29 is 13.6 Å². The van der Waals surface area contributed by atoms with Gasteiger partial charge in [0.1, 0.15) is 11.9 Å². The SMILES string of the molecule is Cc1cc(NC(=O)C2CCN(c3oc(-c4ccco4)nc3C#N)CC2)n(-c2cccc(Cl)c2)n1. The lowest BCUT2D eigenvalue weighted by molar-refractivity contribution is -0.120. The molecular weight excluding hydrogens is 456 g/mol. The van der Waals surface area contributed by atoms with Gasteiger partial charge in [-0.1, -0.05) is 17.7 Å². The Kier molecular flexibility index (Phi) is 5.82. The molecule has 0 aliphatic carbocycles. The van der Waals surface area contributed by atoms with Gasteiger partial charge < -0.3 is 19.1 Å². The van der Waals surface area contributed by atoms with Crippen molar-refractivity contribution in [3.8, 4) is 23.4 Å². The van der Waals surface area contributed by atoms with E-state index in [1.165, 1.54) is 6.26 Å². The van der Waals surface area contributed by atoms with Crippen molar-refractivity contribution in [3.63, 3.8) is 0 Å². The van der Waals surface area contributed by atoms with Crippen LogP contribution in [0.5, 0.6) is 0 Å². The maximum Gasteiger partial charge on any atom is 0.266 e. The van der Waals surface area contributed by atoms with Crippen LogP contribution in [0.4, 0.5) is 11.7 Å². The highest BCUT2D eigenvalue weighted by molar-refractivity contribution is 6.30. The summed E-state index contributed by atoms with van der Waals surface area (Å²) in [7, 11) is 0. The number of aromatic nitrogens is 3. The zero-order chi connectivity index (χ0) is 23.7. The molecule has 9 nitrogen and oxygen atoms in total. The summed E-state index contributed by atoms with van der Waals surface area (Å²) in [5.41, 5.74) is 1.76. The standard InChI is InChI=1S/C24H21ClN6O3/c1-15-12-21(31(29-15)18-5-2-4-17(25)13-18)28-22(32)16-7-9-30(10-8-16)24-19(14-26)27-23(34-24)20-6-3-11-33-20/h2-6,11-13,16H,7-10H2,1H3,(H,28,32). The molecule has 1 amide bonds. The summed E-state index contributed by atoms with van der Waals surface area (Å²) in [4.78, 5) is 19.2. The lowest BCUT2D eigenvalue weighted by atomic mass is 9.96. The first-order valence-electron chi connectivity index (χ1n) is 10.8. The predicted octanol–water partition coefficient (Wildman–Crippen LogP) is 4.81. The number of halogens is 1. The summed E-state index contributed by atoms with van der Waals surface area (Å²) in [6.45, 7) is 2.99. The summed E-state index contributed by atoms with van der Waals surface area (Å²) in [6.07, 6.45) is 2.74. The third-order valence-electron chi connectivity index (χ3n) is 5.74. The summed E-state index contributed by atoms with van der Waals surface area (Å²) < 4.78 is 12.8. The van der Waals surface area contributed by atoms with Crippen LogP contribution in [0.15, 0.2) is 57.6 Å². The number of nitrogens with one attached hydrogen (secondary N) is 1. The van der Waals surface area contributed by atoms with E-state index < -0.39 is 0 Å².